The summed E-state index contributed by atoms with van der Waals surface area (Å²) in [6, 6.07) is 6.03. The van der Waals surface area contributed by atoms with E-state index in [1.165, 1.54) is 19.0 Å². The van der Waals surface area contributed by atoms with Crippen LogP contribution in [0.1, 0.15) is 81.1 Å². The van der Waals surface area contributed by atoms with Crippen LogP contribution in [0.4, 0.5) is 4.79 Å². The van der Waals surface area contributed by atoms with Crippen molar-refractivity contribution in [3.05, 3.63) is 30.6 Å². The summed E-state index contributed by atoms with van der Waals surface area (Å²) in [6.45, 7) is 14.8. The highest BCUT2D eigenvalue weighted by atomic mass is 16.7. The van der Waals surface area contributed by atoms with Crippen molar-refractivity contribution < 1.29 is 48.0 Å². The zero-order valence-electron chi connectivity index (χ0n) is 35.4. The Bertz CT molecular complexity index is 1740. The Labute approximate surface area is 336 Å². The van der Waals surface area contributed by atoms with Gasteiger partial charge in [-0.15, -0.1) is 0 Å². The van der Waals surface area contributed by atoms with Gasteiger partial charge >= 0.3 is 12.1 Å². The monoisotopic (exact) mass is 800 g/mol. The van der Waals surface area contributed by atoms with Gasteiger partial charge in [0.15, 0.2) is 17.7 Å². The van der Waals surface area contributed by atoms with E-state index in [1.54, 1.807) is 47.9 Å². The number of hydrazine groups is 1. The summed E-state index contributed by atoms with van der Waals surface area (Å²) >= 11 is 0. The van der Waals surface area contributed by atoms with Crippen LogP contribution in [0.5, 0.6) is 0 Å². The van der Waals surface area contributed by atoms with Crippen molar-refractivity contribution in [3.8, 4) is 0 Å². The summed E-state index contributed by atoms with van der Waals surface area (Å²) < 4.78 is 33.1. The van der Waals surface area contributed by atoms with Gasteiger partial charge in [-0.05, 0) is 86.5 Å². The predicted octanol–water partition coefficient (Wildman–Crippen LogP) is 3.43. The maximum Gasteiger partial charge on any atom is 0.425 e. The van der Waals surface area contributed by atoms with Crippen LogP contribution in [0.15, 0.2) is 30.6 Å². The standard InChI is InChI=1S/C41H64N6O10/c1-12-31-41(8)34(47(39(52)57-41)43-18-15-19-46-22-42-28-16-13-14-17-29(28)46)27(6)44-36(50)23(2)21-40(7,53-11)35(25(4)32(48)26(5)37(51)55-31)56-38-33(49)30(45(9)10)20-24(3)54-38/h13-14,16-17,22-27,30-31,33-35,38,43,49H,12,15,18-21H2,1-11H3,(H,44,50)/t23-,24-,25+,26-,27?,30+,31-,33-,34-,35+,38+,40+,41-/m1/s1. The first-order valence-electron chi connectivity index (χ1n) is 20.3. The Balaban J connectivity index is 1.44. The lowest BCUT2D eigenvalue weighted by Gasteiger charge is -2.46. The molecule has 0 saturated carbocycles. The third kappa shape index (κ3) is 9.15. The second-order valence-electron chi connectivity index (χ2n) is 16.8. The number of aliphatic hydroxyl groups is 1. The van der Waals surface area contributed by atoms with Gasteiger partial charge in [-0.3, -0.25) is 14.4 Å². The number of cyclic esters (lactones) is 1. The molecular formula is C41H64N6O10. The molecule has 3 aliphatic rings. The number of methoxy groups -OCH3 is 1. The fourth-order valence-corrected chi connectivity index (χ4v) is 9.00. The first-order valence-corrected chi connectivity index (χ1v) is 20.3. The number of nitrogens with zero attached hydrogens (tertiary/aromatic N) is 4. The Morgan fingerprint density at radius 1 is 1.09 bits per heavy atom. The summed E-state index contributed by atoms with van der Waals surface area (Å²) in [5, 5.41) is 15.9. The largest absolute Gasteiger partial charge is 0.457 e. The van der Waals surface area contributed by atoms with Gasteiger partial charge in [0.05, 0.1) is 41.2 Å². The molecular weight excluding hydrogens is 736 g/mol. The molecule has 0 spiro atoms. The Kier molecular flexibility index (Phi) is 14.1. The summed E-state index contributed by atoms with van der Waals surface area (Å²) in [5.74, 6) is -4.52. The Hall–Kier alpha value is -3.67. The van der Waals surface area contributed by atoms with Gasteiger partial charge < -0.3 is 43.6 Å². The molecule has 3 aliphatic heterocycles. The van der Waals surface area contributed by atoms with Crippen LogP contribution in [-0.2, 0) is 44.6 Å². The number of ether oxygens (including phenoxy) is 5. The van der Waals surface area contributed by atoms with Gasteiger partial charge in [-0.2, -0.15) is 0 Å². The number of aliphatic hydroxyl groups excluding tert-OH is 1. The molecule has 0 aliphatic carbocycles. The normalized spacial score (nSPS) is 37.4. The summed E-state index contributed by atoms with van der Waals surface area (Å²) in [5.41, 5.74) is 2.42. The molecule has 4 heterocycles. The van der Waals surface area contributed by atoms with Crippen LogP contribution in [0.2, 0.25) is 0 Å². The molecule has 16 nitrogen and oxygen atoms in total. The SMILES string of the molecule is CC[C@H]1OC(=O)[C@H](C)C(=O)[C@H](C)[C@H](O[C@@H]2O[C@H](C)C[C@H](N(C)C)[C@H]2O)[C@@](C)(OC)C[C@@H](C)C(=O)NC(C)[C@H]2N(NCCCn3cnc4ccccc43)C(=O)O[C@]12C. The number of hydrogen-bond donors (Lipinski definition) is 3. The zero-order chi connectivity index (χ0) is 42.0. The molecule has 3 fully saturated rings. The Morgan fingerprint density at radius 2 is 1.79 bits per heavy atom. The average Bonchev–Trinajstić information content (AvgIpc) is 3.70. The van der Waals surface area contributed by atoms with E-state index in [4.69, 9.17) is 23.7 Å². The number of carbonyl (C=O) groups excluding carboxylic acids is 4. The number of imidazole rings is 1. The van der Waals surface area contributed by atoms with E-state index in [2.05, 4.69) is 15.7 Å². The quantitative estimate of drug-likeness (QED) is 0.181. The molecule has 3 N–H and O–H groups in total. The third-order valence-electron chi connectivity index (χ3n) is 12.3. The highest BCUT2D eigenvalue weighted by Gasteiger charge is 2.59. The van der Waals surface area contributed by atoms with Crippen LogP contribution in [-0.4, -0.2) is 136 Å². The number of para-hydroxylation sites is 2. The summed E-state index contributed by atoms with van der Waals surface area (Å²) in [7, 11) is 5.21. The van der Waals surface area contributed by atoms with Crippen molar-refractivity contribution in [3.63, 3.8) is 0 Å². The molecule has 2 aromatic rings. The van der Waals surface area contributed by atoms with E-state index in [1.807, 2.05) is 54.8 Å². The van der Waals surface area contributed by atoms with Gasteiger partial charge in [0.25, 0.3) is 0 Å². The molecule has 1 aromatic carbocycles. The van der Waals surface area contributed by atoms with E-state index in [0.717, 1.165) is 11.0 Å². The minimum atomic E-state index is -1.43. The highest BCUT2D eigenvalue weighted by molar-refractivity contribution is 6.00. The van der Waals surface area contributed by atoms with Crippen LogP contribution in [0.25, 0.3) is 11.0 Å². The summed E-state index contributed by atoms with van der Waals surface area (Å²) in [4.78, 5) is 62.5. The molecule has 318 valence electrons. The van der Waals surface area contributed by atoms with Crippen molar-refractivity contribution >= 4 is 34.8 Å². The molecule has 3 saturated heterocycles. The van der Waals surface area contributed by atoms with Crippen molar-refractivity contribution in [2.24, 2.45) is 17.8 Å². The number of carbonyl (C=O) groups is 4. The smallest absolute Gasteiger partial charge is 0.425 e. The maximum atomic E-state index is 14.3. The number of Topliss-reactive ketones (excluding diaryl/α,β-unsaturated/α-hetero) is 1. The highest BCUT2D eigenvalue weighted by Crippen LogP contribution is 2.39. The van der Waals surface area contributed by atoms with E-state index in [-0.39, 0.29) is 30.9 Å². The van der Waals surface area contributed by atoms with Gasteiger partial charge in [-0.1, -0.05) is 32.9 Å². The van der Waals surface area contributed by atoms with Crippen LogP contribution < -0.4 is 10.7 Å². The fraction of sp³-hybridized carbons (Fsp3) is 0.732. The molecule has 1 unspecified atom stereocenters. The lowest BCUT2D eigenvalue weighted by Crippen LogP contribution is -2.63. The molecule has 0 radical (unpaired) electrons. The minimum Gasteiger partial charge on any atom is -0.457 e. The van der Waals surface area contributed by atoms with Crippen molar-refractivity contribution in [1.29, 1.82) is 0 Å². The van der Waals surface area contributed by atoms with Crippen LogP contribution in [0, 0.1) is 17.8 Å². The zero-order valence-corrected chi connectivity index (χ0v) is 35.4. The van der Waals surface area contributed by atoms with Crippen molar-refractivity contribution in [2.45, 2.75) is 148 Å². The number of ketones is 1. The number of benzene rings is 1. The number of fused-ring (bicyclic) bond motifs is 2. The second kappa shape index (κ2) is 18.1. The number of likely N-dealkylation sites (N-methyl/N-ethyl adjacent to an activating group) is 1. The number of esters is 1. The van der Waals surface area contributed by atoms with Gasteiger partial charge in [0.1, 0.15) is 24.2 Å². The molecule has 13 atom stereocenters. The van der Waals surface area contributed by atoms with E-state index in [9.17, 15) is 24.3 Å². The molecule has 0 bridgehead atoms. The number of nitrogens with one attached hydrogen (secondary N) is 2. The number of aromatic nitrogens is 2. The number of hydrogen-bond acceptors (Lipinski definition) is 13. The predicted molar refractivity (Wildman–Crippen MR) is 210 cm³/mol. The number of rotatable bonds is 10. The maximum absolute atomic E-state index is 14.3. The summed E-state index contributed by atoms with van der Waals surface area (Å²) in [6.07, 6.45) is -1.84. The van der Waals surface area contributed by atoms with Crippen LogP contribution in [0.3, 0.4) is 0 Å². The fourth-order valence-electron chi connectivity index (χ4n) is 9.00. The number of amides is 2. The topological polar surface area (TPSA) is 183 Å². The first kappa shape index (κ1) is 44.4. The Morgan fingerprint density at radius 3 is 2.46 bits per heavy atom. The van der Waals surface area contributed by atoms with E-state index in [0.29, 0.717) is 25.9 Å². The molecule has 16 heteroatoms. The molecule has 5 rings (SSSR count). The number of aryl methyl sites for hydroxylation is 1. The van der Waals surface area contributed by atoms with Crippen molar-refractivity contribution in [2.75, 3.05) is 27.7 Å². The molecule has 57 heavy (non-hydrogen) atoms. The lowest BCUT2D eigenvalue weighted by molar-refractivity contribution is -0.295. The van der Waals surface area contributed by atoms with E-state index < -0.39 is 83.5 Å². The second-order valence-corrected chi connectivity index (χ2v) is 16.8. The molecule has 2 amide bonds. The third-order valence-corrected chi connectivity index (χ3v) is 12.3. The van der Waals surface area contributed by atoms with Crippen molar-refractivity contribution in [1.82, 2.24) is 30.2 Å². The van der Waals surface area contributed by atoms with Gasteiger partial charge in [-0.25, -0.2) is 20.2 Å². The van der Waals surface area contributed by atoms with Crippen LogP contribution >= 0.6 is 0 Å². The molecule has 1 aromatic heterocycles. The average molecular weight is 801 g/mol. The van der Waals surface area contributed by atoms with Gasteiger partial charge in [0.2, 0.25) is 5.91 Å². The lowest BCUT2D eigenvalue weighted by atomic mass is 9.78. The first-order chi connectivity index (χ1) is 26.9. The van der Waals surface area contributed by atoms with Gasteiger partial charge in [0, 0.05) is 38.1 Å². The minimum absolute atomic E-state index is 0.0957. The van der Waals surface area contributed by atoms with E-state index >= 15 is 0 Å².